The van der Waals surface area contributed by atoms with E-state index in [-0.39, 0.29) is 24.1 Å². The Morgan fingerprint density at radius 2 is 2.00 bits per heavy atom. The van der Waals surface area contributed by atoms with E-state index in [1.807, 2.05) is 36.0 Å². The van der Waals surface area contributed by atoms with Gasteiger partial charge in [0.2, 0.25) is 0 Å². The SMILES string of the molecule is CCN(C(=O)O)C1CC(Oc2cc(-c3ccc(O)cc3)cc3c2cnn3C2CCCCO2)C1. The Labute approximate surface area is 192 Å². The van der Waals surface area contributed by atoms with Crippen molar-refractivity contribution in [3.63, 3.8) is 0 Å². The third-order valence-corrected chi connectivity index (χ3v) is 6.70. The van der Waals surface area contributed by atoms with Crippen molar-refractivity contribution in [3.8, 4) is 22.6 Å². The molecule has 5 rings (SSSR count). The van der Waals surface area contributed by atoms with Gasteiger partial charge in [-0.15, -0.1) is 0 Å². The molecule has 1 aromatic heterocycles. The highest BCUT2D eigenvalue weighted by Gasteiger charge is 2.37. The van der Waals surface area contributed by atoms with Crippen LogP contribution in [0.3, 0.4) is 0 Å². The highest BCUT2D eigenvalue weighted by molar-refractivity contribution is 5.90. The van der Waals surface area contributed by atoms with Gasteiger partial charge < -0.3 is 24.6 Å². The molecule has 2 aromatic carbocycles. The molecule has 2 fully saturated rings. The van der Waals surface area contributed by atoms with E-state index in [1.54, 1.807) is 12.1 Å². The summed E-state index contributed by atoms with van der Waals surface area (Å²) in [5.41, 5.74) is 2.87. The number of ether oxygens (including phenoxy) is 2. The molecule has 1 atom stereocenters. The number of aromatic hydroxyl groups is 1. The van der Waals surface area contributed by atoms with Crippen molar-refractivity contribution in [2.45, 2.75) is 57.4 Å². The van der Waals surface area contributed by atoms with Crippen molar-refractivity contribution in [3.05, 3.63) is 42.6 Å². The number of benzene rings is 2. The van der Waals surface area contributed by atoms with E-state index >= 15 is 0 Å². The van der Waals surface area contributed by atoms with Crippen LogP contribution < -0.4 is 4.74 Å². The second kappa shape index (κ2) is 8.94. The van der Waals surface area contributed by atoms with Crippen LogP contribution in [0.15, 0.2) is 42.6 Å². The summed E-state index contributed by atoms with van der Waals surface area (Å²) < 4.78 is 14.3. The minimum atomic E-state index is -0.883. The van der Waals surface area contributed by atoms with Gasteiger partial charge in [0.25, 0.3) is 0 Å². The van der Waals surface area contributed by atoms with Crippen LogP contribution >= 0.6 is 0 Å². The van der Waals surface area contributed by atoms with E-state index in [4.69, 9.17) is 9.47 Å². The van der Waals surface area contributed by atoms with Crippen molar-refractivity contribution >= 4 is 17.0 Å². The molecule has 1 unspecified atom stereocenters. The summed E-state index contributed by atoms with van der Waals surface area (Å²) in [7, 11) is 0. The first-order valence-corrected chi connectivity index (χ1v) is 11.6. The maximum absolute atomic E-state index is 11.4. The molecule has 0 radical (unpaired) electrons. The fourth-order valence-corrected chi connectivity index (χ4v) is 4.80. The van der Waals surface area contributed by atoms with Crippen molar-refractivity contribution < 1.29 is 24.5 Å². The molecule has 2 heterocycles. The molecule has 1 amide bonds. The molecular formula is C25H29N3O5. The molecule has 2 aliphatic rings. The average molecular weight is 452 g/mol. The Balaban J connectivity index is 1.47. The average Bonchev–Trinajstić information content (AvgIpc) is 3.23. The van der Waals surface area contributed by atoms with Crippen molar-refractivity contribution in [1.29, 1.82) is 0 Å². The lowest BCUT2D eigenvalue weighted by Gasteiger charge is -2.41. The fraction of sp³-hybridized carbons (Fsp3) is 0.440. The van der Waals surface area contributed by atoms with Crippen LogP contribution in [0.5, 0.6) is 11.5 Å². The number of nitrogens with zero attached hydrogens (tertiary/aromatic N) is 3. The zero-order valence-corrected chi connectivity index (χ0v) is 18.7. The van der Waals surface area contributed by atoms with Gasteiger partial charge in [-0.05, 0) is 61.6 Å². The van der Waals surface area contributed by atoms with Crippen LogP contribution in [0.2, 0.25) is 0 Å². The molecule has 1 aliphatic carbocycles. The summed E-state index contributed by atoms with van der Waals surface area (Å²) in [4.78, 5) is 12.9. The van der Waals surface area contributed by atoms with Crippen molar-refractivity contribution in [1.82, 2.24) is 14.7 Å². The Bertz CT molecular complexity index is 1130. The molecule has 8 nitrogen and oxygen atoms in total. The first-order valence-electron chi connectivity index (χ1n) is 11.6. The number of amides is 1. The first kappa shape index (κ1) is 21.6. The fourth-order valence-electron chi connectivity index (χ4n) is 4.80. The highest BCUT2D eigenvalue weighted by Crippen LogP contribution is 2.38. The second-order valence-corrected chi connectivity index (χ2v) is 8.80. The van der Waals surface area contributed by atoms with Gasteiger partial charge in [-0.25, -0.2) is 9.48 Å². The third-order valence-electron chi connectivity index (χ3n) is 6.70. The molecule has 3 aromatic rings. The lowest BCUT2D eigenvalue weighted by Crippen LogP contribution is -2.51. The van der Waals surface area contributed by atoms with Crippen LogP contribution in [0.4, 0.5) is 4.79 Å². The zero-order valence-electron chi connectivity index (χ0n) is 18.7. The number of hydrogen-bond acceptors (Lipinski definition) is 5. The molecule has 1 aliphatic heterocycles. The largest absolute Gasteiger partial charge is 0.508 e. The molecule has 2 N–H and O–H groups in total. The molecule has 1 saturated heterocycles. The van der Waals surface area contributed by atoms with Crippen molar-refractivity contribution in [2.24, 2.45) is 0 Å². The predicted octanol–water partition coefficient (Wildman–Crippen LogP) is 5.02. The zero-order chi connectivity index (χ0) is 22.9. The van der Waals surface area contributed by atoms with Gasteiger partial charge in [0.1, 0.15) is 17.6 Å². The Morgan fingerprint density at radius 1 is 1.21 bits per heavy atom. The maximum Gasteiger partial charge on any atom is 0.407 e. The van der Waals surface area contributed by atoms with E-state index < -0.39 is 6.09 Å². The van der Waals surface area contributed by atoms with E-state index in [1.165, 1.54) is 4.90 Å². The molecular weight excluding hydrogens is 422 g/mol. The number of carbonyl (C=O) groups is 1. The minimum absolute atomic E-state index is 0.00775. The summed E-state index contributed by atoms with van der Waals surface area (Å²) in [6.07, 6.45) is 5.24. The molecule has 8 heteroatoms. The first-order chi connectivity index (χ1) is 16.0. The Kier molecular flexibility index (Phi) is 5.85. The van der Waals surface area contributed by atoms with Crippen LogP contribution in [-0.2, 0) is 4.74 Å². The second-order valence-electron chi connectivity index (χ2n) is 8.80. The van der Waals surface area contributed by atoms with E-state index in [2.05, 4.69) is 11.2 Å². The lowest BCUT2D eigenvalue weighted by molar-refractivity contribution is -0.0366. The highest BCUT2D eigenvalue weighted by atomic mass is 16.5. The Hall–Kier alpha value is -3.26. The van der Waals surface area contributed by atoms with E-state index in [9.17, 15) is 15.0 Å². The molecule has 1 saturated carbocycles. The summed E-state index contributed by atoms with van der Waals surface area (Å²) in [6.45, 7) is 3.06. The van der Waals surface area contributed by atoms with Gasteiger partial charge in [0, 0.05) is 32.0 Å². The van der Waals surface area contributed by atoms with Gasteiger partial charge in [-0.2, -0.15) is 5.10 Å². The molecule has 174 valence electrons. The molecule has 33 heavy (non-hydrogen) atoms. The van der Waals surface area contributed by atoms with Crippen LogP contribution in [-0.4, -0.2) is 56.3 Å². The smallest absolute Gasteiger partial charge is 0.407 e. The number of carboxylic acid groups (broad SMARTS) is 1. The maximum atomic E-state index is 11.4. The lowest BCUT2D eigenvalue weighted by atomic mass is 9.88. The van der Waals surface area contributed by atoms with E-state index in [0.717, 1.165) is 53.6 Å². The molecule has 0 bridgehead atoms. The Morgan fingerprint density at radius 3 is 2.67 bits per heavy atom. The summed E-state index contributed by atoms with van der Waals surface area (Å²) in [6, 6.07) is 11.2. The van der Waals surface area contributed by atoms with Gasteiger partial charge in [-0.3, -0.25) is 0 Å². The third kappa shape index (κ3) is 4.23. The van der Waals surface area contributed by atoms with Crippen LogP contribution in [0, 0.1) is 0 Å². The monoisotopic (exact) mass is 451 g/mol. The van der Waals surface area contributed by atoms with Gasteiger partial charge in [0.15, 0.2) is 6.23 Å². The van der Waals surface area contributed by atoms with E-state index in [0.29, 0.717) is 19.4 Å². The van der Waals surface area contributed by atoms with Gasteiger partial charge >= 0.3 is 6.09 Å². The van der Waals surface area contributed by atoms with Crippen LogP contribution in [0.1, 0.15) is 45.3 Å². The quantitative estimate of drug-likeness (QED) is 0.546. The van der Waals surface area contributed by atoms with Crippen LogP contribution in [0.25, 0.3) is 22.0 Å². The number of fused-ring (bicyclic) bond motifs is 1. The minimum Gasteiger partial charge on any atom is -0.508 e. The normalized spacial score (nSPS) is 22.6. The summed E-state index contributed by atoms with van der Waals surface area (Å²) >= 11 is 0. The van der Waals surface area contributed by atoms with Crippen molar-refractivity contribution in [2.75, 3.05) is 13.2 Å². The topological polar surface area (TPSA) is 97.1 Å². The van der Waals surface area contributed by atoms with Gasteiger partial charge in [-0.1, -0.05) is 12.1 Å². The number of aromatic nitrogens is 2. The number of hydrogen-bond donors (Lipinski definition) is 2. The summed E-state index contributed by atoms with van der Waals surface area (Å²) in [5.74, 6) is 0.954. The number of rotatable bonds is 6. The molecule has 0 spiro atoms. The number of phenolic OH excluding ortho intramolecular Hbond substituents is 1. The summed E-state index contributed by atoms with van der Waals surface area (Å²) in [5, 5.41) is 24.6. The predicted molar refractivity (Wildman–Crippen MR) is 124 cm³/mol. The van der Waals surface area contributed by atoms with Gasteiger partial charge in [0.05, 0.1) is 17.1 Å². The number of phenols is 1. The standard InChI is InChI=1S/C25H29N3O5/c1-2-27(25(30)31)18-13-20(14-18)33-23-12-17(16-6-8-19(29)9-7-16)11-22-21(23)15-26-28(22)24-5-3-4-10-32-24/h6-9,11-12,15,18,20,24,29H,2-5,10,13-14H2,1H3,(H,30,31).